The Morgan fingerprint density at radius 1 is 1.54 bits per heavy atom. The fourth-order valence-electron chi connectivity index (χ4n) is 1.62. The van der Waals surface area contributed by atoms with Gasteiger partial charge in [0.1, 0.15) is 0 Å². The topological polar surface area (TPSA) is 43.4 Å². The number of hydrogen-bond acceptors (Lipinski definition) is 3. The molecule has 0 aromatic carbocycles. The van der Waals surface area contributed by atoms with Crippen molar-refractivity contribution in [3.8, 4) is 0 Å². The minimum absolute atomic E-state index is 0.0747. The lowest BCUT2D eigenvalue weighted by molar-refractivity contribution is 0.0119. The summed E-state index contributed by atoms with van der Waals surface area (Å²) in [6, 6.07) is 0. The highest BCUT2D eigenvalue weighted by Crippen LogP contribution is 2.23. The van der Waals surface area contributed by atoms with E-state index in [1.807, 2.05) is 6.92 Å². The van der Waals surface area contributed by atoms with Gasteiger partial charge in [-0.2, -0.15) is 8.42 Å². The van der Waals surface area contributed by atoms with Crippen LogP contribution in [0, 0.1) is 0 Å². The molecule has 13 heavy (non-hydrogen) atoms. The second-order valence-electron chi connectivity index (χ2n) is 3.40. The van der Waals surface area contributed by atoms with Crippen LogP contribution < -0.4 is 0 Å². The highest BCUT2D eigenvalue weighted by molar-refractivity contribution is 7.87. The van der Waals surface area contributed by atoms with Crippen molar-refractivity contribution >= 4 is 10.2 Å². The van der Waals surface area contributed by atoms with Gasteiger partial charge in [-0.25, -0.2) is 0 Å². The maximum absolute atomic E-state index is 12.6. The molecule has 1 fully saturated rings. The van der Waals surface area contributed by atoms with E-state index < -0.39 is 15.5 Å². The van der Waals surface area contributed by atoms with Gasteiger partial charge in [0.15, 0.2) is 0 Å². The molecule has 3 nitrogen and oxygen atoms in total. The number of hydrogen-bond donors (Lipinski definition) is 0. The van der Waals surface area contributed by atoms with E-state index in [0.29, 0.717) is 19.4 Å². The predicted molar refractivity (Wildman–Crippen MR) is 47.7 cm³/mol. The van der Waals surface area contributed by atoms with E-state index in [0.717, 1.165) is 12.8 Å². The summed E-state index contributed by atoms with van der Waals surface area (Å²) in [5.41, 5.74) is 0. The van der Waals surface area contributed by atoms with Gasteiger partial charge in [-0.15, -0.1) is 3.89 Å². The Balaban J connectivity index is 2.52. The number of halogens is 1. The Morgan fingerprint density at radius 3 is 2.77 bits per heavy atom. The smallest absolute Gasteiger partial charge is 0.305 e. The van der Waals surface area contributed by atoms with E-state index in [4.69, 9.17) is 4.74 Å². The monoisotopic (exact) mass is 210 g/mol. The summed E-state index contributed by atoms with van der Waals surface area (Å²) in [5.74, 6) is 0. The second-order valence-corrected chi connectivity index (χ2v) is 5.02. The van der Waals surface area contributed by atoms with Gasteiger partial charge in [-0.1, -0.05) is 13.3 Å². The summed E-state index contributed by atoms with van der Waals surface area (Å²) in [6.07, 6.45) is 2.27. The molecule has 1 aliphatic heterocycles. The molecule has 0 amide bonds. The lowest BCUT2D eigenvalue weighted by atomic mass is 10.0. The lowest BCUT2D eigenvalue weighted by Gasteiger charge is -2.26. The van der Waals surface area contributed by atoms with Gasteiger partial charge in [-0.05, 0) is 19.3 Å². The third kappa shape index (κ3) is 3.23. The van der Waals surface area contributed by atoms with Crippen LogP contribution >= 0.6 is 0 Å². The van der Waals surface area contributed by atoms with Crippen molar-refractivity contribution in [2.24, 2.45) is 0 Å². The molecule has 0 saturated carbocycles. The van der Waals surface area contributed by atoms with E-state index in [-0.39, 0.29) is 6.10 Å². The zero-order valence-corrected chi connectivity index (χ0v) is 8.52. The quantitative estimate of drug-likeness (QED) is 0.665. The first kappa shape index (κ1) is 10.9. The molecule has 2 unspecified atom stereocenters. The molecular weight excluding hydrogens is 195 g/mol. The number of rotatable bonds is 3. The normalized spacial score (nSPS) is 30.3. The highest BCUT2D eigenvalue weighted by Gasteiger charge is 2.31. The van der Waals surface area contributed by atoms with Crippen LogP contribution in [-0.4, -0.2) is 26.4 Å². The van der Waals surface area contributed by atoms with Crippen LogP contribution in [0.2, 0.25) is 0 Å². The first-order chi connectivity index (χ1) is 6.04. The van der Waals surface area contributed by atoms with Crippen molar-refractivity contribution < 1.29 is 17.0 Å². The Morgan fingerprint density at radius 2 is 2.23 bits per heavy atom. The van der Waals surface area contributed by atoms with Crippen molar-refractivity contribution in [3.63, 3.8) is 0 Å². The fourth-order valence-corrected chi connectivity index (χ4v) is 2.45. The molecule has 0 bridgehead atoms. The highest BCUT2D eigenvalue weighted by atomic mass is 32.3. The van der Waals surface area contributed by atoms with Crippen LogP contribution in [0.4, 0.5) is 3.89 Å². The zero-order chi connectivity index (χ0) is 9.90. The molecule has 0 spiro atoms. The molecule has 0 aromatic rings. The van der Waals surface area contributed by atoms with Gasteiger partial charge in [0.2, 0.25) is 0 Å². The van der Waals surface area contributed by atoms with E-state index in [1.54, 1.807) is 0 Å². The Bertz CT molecular complexity index is 248. The van der Waals surface area contributed by atoms with Crippen molar-refractivity contribution in [1.29, 1.82) is 0 Å². The van der Waals surface area contributed by atoms with Gasteiger partial charge < -0.3 is 4.74 Å². The van der Waals surface area contributed by atoms with Crippen LogP contribution in [0.1, 0.15) is 32.6 Å². The summed E-state index contributed by atoms with van der Waals surface area (Å²) in [5, 5.41) is -0.835. The maximum Gasteiger partial charge on any atom is 0.305 e. The first-order valence-electron chi connectivity index (χ1n) is 4.59. The van der Waals surface area contributed by atoms with Gasteiger partial charge in [0.05, 0.1) is 11.4 Å². The fraction of sp³-hybridized carbons (Fsp3) is 1.00. The summed E-state index contributed by atoms with van der Waals surface area (Å²) in [7, 11) is -4.36. The predicted octanol–water partition coefficient (Wildman–Crippen LogP) is 1.63. The maximum atomic E-state index is 12.6. The second kappa shape index (κ2) is 4.37. The lowest BCUT2D eigenvalue weighted by Crippen LogP contribution is -2.32. The van der Waals surface area contributed by atoms with E-state index >= 15 is 0 Å². The average molecular weight is 210 g/mol. The van der Waals surface area contributed by atoms with Gasteiger partial charge >= 0.3 is 10.2 Å². The Labute approximate surface area is 78.5 Å². The largest absolute Gasteiger partial charge is 0.378 e. The molecule has 0 aromatic heterocycles. The molecule has 1 rings (SSSR count). The van der Waals surface area contributed by atoms with Crippen molar-refractivity contribution in [2.75, 3.05) is 6.61 Å². The molecular formula is C8H15FO3S. The van der Waals surface area contributed by atoms with E-state index in [1.165, 1.54) is 0 Å². The number of ether oxygens (including phenoxy) is 1. The average Bonchev–Trinajstić information content (AvgIpc) is 2.04. The van der Waals surface area contributed by atoms with Crippen molar-refractivity contribution in [1.82, 2.24) is 0 Å². The van der Waals surface area contributed by atoms with E-state index in [2.05, 4.69) is 0 Å². The summed E-state index contributed by atoms with van der Waals surface area (Å²) in [6.45, 7) is 2.36. The zero-order valence-electron chi connectivity index (χ0n) is 7.70. The Kier molecular flexibility index (Phi) is 3.67. The molecule has 1 saturated heterocycles. The molecule has 1 aliphatic rings. The van der Waals surface area contributed by atoms with Gasteiger partial charge in [0.25, 0.3) is 0 Å². The van der Waals surface area contributed by atoms with Crippen LogP contribution in [0.25, 0.3) is 0 Å². The van der Waals surface area contributed by atoms with Gasteiger partial charge in [0, 0.05) is 6.61 Å². The van der Waals surface area contributed by atoms with Crippen LogP contribution in [0.5, 0.6) is 0 Å². The minimum atomic E-state index is -4.36. The summed E-state index contributed by atoms with van der Waals surface area (Å²) >= 11 is 0. The standard InChI is InChI=1S/C8H15FO3S/c1-2-3-7-6-8(4-5-12-7)13(9,10)11/h7-8H,2-6H2,1H3. The minimum Gasteiger partial charge on any atom is -0.378 e. The molecule has 0 aliphatic carbocycles. The molecule has 78 valence electrons. The van der Waals surface area contributed by atoms with Crippen molar-refractivity contribution in [2.45, 2.75) is 44.0 Å². The van der Waals surface area contributed by atoms with Crippen LogP contribution in [0.3, 0.4) is 0 Å². The molecule has 0 N–H and O–H groups in total. The van der Waals surface area contributed by atoms with Crippen LogP contribution in [0.15, 0.2) is 0 Å². The van der Waals surface area contributed by atoms with Crippen LogP contribution in [-0.2, 0) is 15.0 Å². The third-order valence-corrected chi connectivity index (χ3v) is 3.55. The van der Waals surface area contributed by atoms with Gasteiger partial charge in [-0.3, -0.25) is 0 Å². The molecule has 2 atom stereocenters. The molecule has 1 heterocycles. The summed E-state index contributed by atoms with van der Waals surface area (Å²) in [4.78, 5) is 0. The first-order valence-corrected chi connectivity index (χ1v) is 6.03. The third-order valence-electron chi connectivity index (χ3n) is 2.33. The summed E-state index contributed by atoms with van der Waals surface area (Å²) < 4.78 is 39.1. The molecule has 0 radical (unpaired) electrons. The van der Waals surface area contributed by atoms with Crippen molar-refractivity contribution in [3.05, 3.63) is 0 Å². The SMILES string of the molecule is CCCC1CC(S(=O)(=O)F)CCO1. The van der Waals surface area contributed by atoms with E-state index in [9.17, 15) is 12.3 Å². The molecule has 5 heteroatoms. The Hall–Kier alpha value is -0.160.